The molecule has 0 saturated heterocycles. The normalized spacial score (nSPS) is 11.2. The number of halogens is 1. The molecule has 0 bridgehead atoms. The van der Waals surface area contributed by atoms with Crippen LogP contribution in [0.5, 0.6) is 0 Å². The van der Waals surface area contributed by atoms with Crippen molar-refractivity contribution in [1.29, 1.82) is 0 Å². The van der Waals surface area contributed by atoms with E-state index in [9.17, 15) is 0 Å². The highest BCUT2D eigenvalue weighted by Crippen LogP contribution is 2.24. The van der Waals surface area contributed by atoms with Crippen LogP contribution in [0.25, 0.3) is 5.82 Å². The van der Waals surface area contributed by atoms with Gasteiger partial charge in [-0.3, -0.25) is 0 Å². The van der Waals surface area contributed by atoms with Crippen molar-refractivity contribution in [3.05, 3.63) is 27.8 Å². The van der Waals surface area contributed by atoms with Crippen molar-refractivity contribution in [2.75, 3.05) is 11.9 Å². The van der Waals surface area contributed by atoms with Crippen LogP contribution < -0.4 is 5.32 Å². The Hall–Kier alpha value is -1.43. The van der Waals surface area contributed by atoms with E-state index in [1.54, 1.807) is 0 Å². The summed E-state index contributed by atoms with van der Waals surface area (Å²) < 4.78 is 2.89. The zero-order valence-corrected chi connectivity index (χ0v) is 14.8. The van der Waals surface area contributed by atoms with E-state index in [0.717, 1.165) is 46.3 Å². The number of hydrogen-bond donors (Lipinski definition) is 1. The predicted molar refractivity (Wildman–Crippen MR) is 89.2 cm³/mol. The molecular formula is C15H22BrN5. The van der Waals surface area contributed by atoms with E-state index in [1.165, 1.54) is 0 Å². The minimum atomic E-state index is 0.271. The fourth-order valence-corrected chi connectivity index (χ4v) is 2.26. The van der Waals surface area contributed by atoms with Crippen molar-refractivity contribution in [1.82, 2.24) is 19.7 Å². The van der Waals surface area contributed by atoms with Crippen molar-refractivity contribution < 1.29 is 0 Å². The summed E-state index contributed by atoms with van der Waals surface area (Å²) in [6.07, 6.45) is 1.06. The summed E-state index contributed by atoms with van der Waals surface area (Å²) in [5.74, 6) is 2.76. The lowest BCUT2D eigenvalue weighted by atomic mass is 10.2. The van der Waals surface area contributed by atoms with E-state index in [0.29, 0.717) is 0 Å². The van der Waals surface area contributed by atoms with Crippen molar-refractivity contribution in [3.63, 3.8) is 0 Å². The van der Waals surface area contributed by atoms with Crippen LogP contribution in [0.4, 0.5) is 5.82 Å². The van der Waals surface area contributed by atoms with E-state index < -0.39 is 0 Å². The van der Waals surface area contributed by atoms with Crippen LogP contribution in [-0.2, 0) is 0 Å². The molecule has 2 aromatic heterocycles. The molecule has 0 saturated carbocycles. The second-order valence-electron chi connectivity index (χ2n) is 5.45. The number of anilines is 1. The van der Waals surface area contributed by atoms with Gasteiger partial charge in [0.1, 0.15) is 11.6 Å². The van der Waals surface area contributed by atoms with Gasteiger partial charge in [0.2, 0.25) is 0 Å². The van der Waals surface area contributed by atoms with E-state index in [2.05, 4.69) is 57.1 Å². The van der Waals surface area contributed by atoms with Gasteiger partial charge < -0.3 is 5.32 Å². The summed E-state index contributed by atoms with van der Waals surface area (Å²) in [5, 5.41) is 7.89. The van der Waals surface area contributed by atoms with Gasteiger partial charge in [-0.15, -0.1) is 0 Å². The number of hydrogen-bond acceptors (Lipinski definition) is 4. The summed E-state index contributed by atoms with van der Waals surface area (Å²) >= 11 is 3.56. The van der Waals surface area contributed by atoms with Gasteiger partial charge >= 0.3 is 0 Å². The molecule has 21 heavy (non-hydrogen) atoms. The fraction of sp³-hybridized carbons (Fsp3) is 0.533. The second kappa shape index (κ2) is 6.56. The van der Waals surface area contributed by atoms with Gasteiger partial charge in [0.25, 0.3) is 0 Å². The summed E-state index contributed by atoms with van der Waals surface area (Å²) in [6, 6.07) is 1.95. The molecule has 2 heterocycles. The van der Waals surface area contributed by atoms with Gasteiger partial charge in [0.05, 0.1) is 15.9 Å². The Morgan fingerprint density at radius 2 is 2.00 bits per heavy atom. The molecule has 0 fully saturated rings. The summed E-state index contributed by atoms with van der Waals surface area (Å²) in [4.78, 5) is 9.23. The summed E-state index contributed by atoms with van der Waals surface area (Å²) in [5.41, 5.74) is 2.00. The van der Waals surface area contributed by atoms with Crippen LogP contribution in [0.3, 0.4) is 0 Å². The van der Waals surface area contributed by atoms with Crippen LogP contribution in [0.2, 0.25) is 0 Å². The van der Waals surface area contributed by atoms with E-state index in [4.69, 9.17) is 0 Å². The monoisotopic (exact) mass is 351 g/mol. The third-order valence-electron chi connectivity index (χ3n) is 3.22. The molecule has 0 aromatic carbocycles. The van der Waals surface area contributed by atoms with Crippen LogP contribution >= 0.6 is 15.9 Å². The second-order valence-corrected chi connectivity index (χ2v) is 6.24. The molecule has 0 amide bonds. The first-order valence-electron chi connectivity index (χ1n) is 7.29. The summed E-state index contributed by atoms with van der Waals surface area (Å²) in [6.45, 7) is 11.2. The molecular weight excluding hydrogens is 330 g/mol. The maximum Gasteiger partial charge on any atom is 0.159 e. The molecule has 114 valence electrons. The highest BCUT2D eigenvalue weighted by Gasteiger charge is 2.14. The smallest absolute Gasteiger partial charge is 0.159 e. The molecule has 2 aromatic rings. The standard InChI is InChI=1S/C15H22BrN5/c1-6-7-17-12-8-13(19-15(18-12)9(2)3)21-11(5)14(16)10(4)20-21/h8-9H,6-7H2,1-5H3,(H,17,18,19). The van der Waals surface area contributed by atoms with E-state index in [-0.39, 0.29) is 5.92 Å². The Balaban J connectivity index is 2.51. The van der Waals surface area contributed by atoms with E-state index in [1.807, 2.05) is 24.6 Å². The number of nitrogens with zero attached hydrogens (tertiary/aromatic N) is 4. The molecule has 0 aliphatic rings. The lowest BCUT2D eigenvalue weighted by Gasteiger charge is -2.12. The Kier molecular flexibility index (Phi) is 4.98. The maximum atomic E-state index is 4.66. The zero-order chi connectivity index (χ0) is 15.6. The number of rotatable bonds is 5. The molecule has 0 unspecified atom stereocenters. The maximum absolute atomic E-state index is 4.66. The first-order valence-corrected chi connectivity index (χ1v) is 8.08. The predicted octanol–water partition coefficient (Wildman–Crippen LogP) is 3.99. The quantitative estimate of drug-likeness (QED) is 0.884. The SMILES string of the molecule is CCCNc1cc(-n2nc(C)c(Br)c2C)nc(C(C)C)n1. The van der Waals surface area contributed by atoms with Gasteiger partial charge in [0, 0.05) is 18.5 Å². The topological polar surface area (TPSA) is 55.6 Å². The molecule has 6 heteroatoms. The van der Waals surface area contributed by atoms with E-state index >= 15 is 0 Å². The highest BCUT2D eigenvalue weighted by molar-refractivity contribution is 9.10. The van der Waals surface area contributed by atoms with Crippen molar-refractivity contribution in [2.45, 2.75) is 47.0 Å². The number of aromatic nitrogens is 4. The first kappa shape index (κ1) is 15.9. The largest absolute Gasteiger partial charge is 0.370 e. The molecule has 0 aliphatic heterocycles. The molecule has 2 rings (SSSR count). The Labute approximate surface area is 134 Å². The molecule has 0 radical (unpaired) electrons. The lowest BCUT2D eigenvalue weighted by Crippen LogP contribution is -2.11. The molecule has 0 spiro atoms. The minimum Gasteiger partial charge on any atom is -0.370 e. The lowest BCUT2D eigenvalue weighted by molar-refractivity contribution is 0.735. The molecule has 0 atom stereocenters. The van der Waals surface area contributed by atoms with Crippen LogP contribution in [-0.4, -0.2) is 26.3 Å². The van der Waals surface area contributed by atoms with Crippen LogP contribution in [0.15, 0.2) is 10.5 Å². The Bertz CT molecular complexity index is 633. The van der Waals surface area contributed by atoms with Gasteiger partial charge in [-0.05, 0) is 36.2 Å². The number of aryl methyl sites for hydroxylation is 1. The van der Waals surface area contributed by atoms with Gasteiger partial charge in [-0.1, -0.05) is 20.8 Å². The molecule has 1 N–H and O–H groups in total. The minimum absolute atomic E-state index is 0.271. The van der Waals surface area contributed by atoms with Gasteiger partial charge in [-0.25, -0.2) is 14.6 Å². The molecule has 0 aliphatic carbocycles. The van der Waals surface area contributed by atoms with Crippen molar-refractivity contribution in [2.24, 2.45) is 0 Å². The third-order valence-corrected chi connectivity index (χ3v) is 4.37. The van der Waals surface area contributed by atoms with Crippen LogP contribution in [0, 0.1) is 13.8 Å². The van der Waals surface area contributed by atoms with Crippen LogP contribution in [0.1, 0.15) is 50.3 Å². The molecule has 5 nitrogen and oxygen atoms in total. The highest BCUT2D eigenvalue weighted by atomic mass is 79.9. The zero-order valence-electron chi connectivity index (χ0n) is 13.2. The summed E-state index contributed by atoms with van der Waals surface area (Å²) in [7, 11) is 0. The third kappa shape index (κ3) is 3.43. The van der Waals surface area contributed by atoms with Gasteiger partial charge in [0.15, 0.2) is 5.82 Å². The average Bonchev–Trinajstić information content (AvgIpc) is 2.72. The fourth-order valence-electron chi connectivity index (χ4n) is 2.01. The van der Waals surface area contributed by atoms with Crippen molar-refractivity contribution >= 4 is 21.7 Å². The Morgan fingerprint density at radius 1 is 1.29 bits per heavy atom. The number of nitrogens with one attached hydrogen (secondary N) is 1. The first-order chi connectivity index (χ1) is 9.93. The van der Waals surface area contributed by atoms with Gasteiger partial charge in [-0.2, -0.15) is 5.10 Å². The Morgan fingerprint density at radius 3 is 2.52 bits per heavy atom. The average molecular weight is 352 g/mol. The van der Waals surface area contributed by atoms with Crippen molar-refractivity contribution in [3.8, 4) is 5.82 Å².